The van der Waals surface area contributed by atoms with Gasteiger partial charge in [0.2, 0.25) is 0 Å². The molecule has 0 bridgehead atoms. The van der Waals surface area contributed by atoms with Gasteiger partial charge < -0.3 is 14.7 Å². The number of anilines is 1. The molecule has 0 radical (unpaired) electrons. The van der Waals surface area contributed by atoms with Gasteiger partial charge in [0.1, 0.15) is 5.75 Å². The summed E-state index contributed by atoms with van der Waals surface area (Å²) in [5.74, 6) is 0.892. The minimum atomic E-state index is 0.220. The number of aryl methyl sites for hydroxylation is 2. The summed E-state index contributed by atoms with van der Waals surface area (Å²) >= 11 is 0. The summed E-state index contributed by atoms with van der Waals surface area (Å²) in [7, 11) is 3.70. The molecule has 0 heterocycles. The molecule has 3 nitrogen and oxygen atoms in total. The standard InChI is InChI=1S/C13H21NO2/c1-10-8-12(14(3)6-5-7-15)13(16-4)9-11(10)2/h8-9,15H,5-7H2,1-4H3. The van der Waals surface area contributed by atoms with Gasteiger partial charge in [0.15, 0.2) is 0 Å². The Bertz CT molecular complexity index is 350. The lowest BCUT2D eigenvalue weighted by atomic mass is 10.1. The molecule has 0 unspecified atom stereocenters. The molecule has 0 aromatic heterocycles. The molecule has 0 amide bonds. The Morgan fingerprint density at radius 2 is 1.88 bits per heavy atom. The van der Waals surface area contributed by atoms with Crippen molar-refractivity contribution in [1.29, 1.82) is 0 Å². The third-order valence-corrected chi connectivity index (χ3v) is 2.86. The van der Waals surface area contributed by atoms with Crippen molar-refractivity contribution in [2.75, 3.05) is 32.2 Å². The lowest BCUT2D eigenvalue weighted by Crippen LogP contribution is -2.20. The number of methoxy groups -OCH3 is 1. The Hall–Kier alpha value is -1.22. The Labute approximate surface area is 97.7 Å². The van der Waals surface area contributed by atoms with Crippen LogP contribution in [0.2, 0.25) is 0 Å². The van der Waals surface area contributed by atoms with E-state index in [0.717, 1.165) is 24.4 Å². The molecule has 3 heteroatoms. The molecule has 0 fully saturated rings. The molecule has 0 aliphatic rings. The van der Waals surface area contributed by atoms with Gasteiger partial charge in [-0.25, -0.2) is 0 Å². The summed E-state index contributed by atoms with van der Waals surface area (Å²) in [6.45, 7) is 5.22. The Kier molecular flexibility index (Phi) is 4.62. The van der Waals surface area contributed by atoms with Crippen molar-refractivity contribution in [2.24, 2.45) is 0 Å². The van der Waals surface area contributed by atoms with Gasteiger partial charge in [0.05, 0.1) is 12.8 Å². The van der Waals surface area contributed by atoms with Crippen molar-refractivity contribution in [3.63, 3.8) is 0 Å². The number of aliphatic hydroxyl groups is 1. The molecule has 0 spiro atoms. The molecule has 0 aliphatic carbocycles. The van der Waals surface area contributed by atoms with E-state index in [9.17, 15) is 0 Å². The van der Waals surface area contributed by atoms with E-state index in [0.29, 0.717) is 0 Å². The van der Waals surface area contributed by atoms with Crippen LogP contribution in [0.15, 0.2) is 12.1 Å². The largest absolute Gasteiger partial charge is 0.495 e. The number of rotatable bonds is 5. The number of nitrogens with zero attached hydrogens (tertiary/aromatic N) is 1. The smallest absolute Gasteiger partial charge is 0.142 e. The van der Waals surface area contributed by atoms with Crippen molar-refractivity contribution in [2.45, 2.75) is 20.3 Å². The summed E-state index contributed by atoms with van der Waals surface area (Å²) in [6, 6.07) is 4.19. The van der Waals surface area contributed by atoms with E-state index < -0.39 is 0 Å². The molecule has 0 atom stereocenters. The number of aliphatic hydroxyl groups excluding tert-OH is 1. The van der Waals surface area contributed by atoms with E-state index >= 15 is 0 Å². The van der Waals surface area contributed by atoms with Gasteiger partial charge in [-0.3, -0.25) is 0 Å². The third kappa shape index (κ3) is 2.89. The zero-order chi connectivity index (χ0) is 12.1. The second-order valence-corrected chi connectivity index (χ2v) is 4.11. The second-order valence-electron chi connectivity index (χ2n) is 4.11. The first kappa shape index (κ1) is 12.8. The molecule has 90 valence electrons. The topological polar surface area (TPSA) is 32.7 Å². The van der Waals surface area contributed by atoms with Crippen LogP contribution in [0.5, 0.6) is 5.75 Å². The summed E-state index contributed by atoms with van der Waals surface area (Å²) in [5, 5.41) is 8.83. The SMILES string of the molecule is COc1cc(C)c(C)cc1N(C)CCCO. The fourth-order valence-electron chi connectivity index (χ4n) is 1.66. The lowest BCUT2D eigenvalue weighted by Gasteiger charge is -2.22. The van der Waals surface area contributed by atoms with Crippen LogP contribution in [-0.4, -0.2) is 32.4 Å². The normalized spacial score (nSPS) is 10.3. The average molecular weight is 223 g/mol. The predicted octanol–water partition coefficient (Wildman–Crippen LogP) is 2.13. The monoisotopic (exact) mass is 223 g/mol. The van der Waals surface area contributed by atoms with Crippen LogP contribution in [0.25, 0.3) is 0 Å². The van der Waals surface area contributed by atoms with E-state index in [2.05, 4.69) is 30.9 Å². The van der Waals surface area contributed by atoms with Crippen LogP contribution in [0.1, 0.15) is 17.5 Å². The maximum atomic E-state index is 8.83. The lowest BCUT2D eigenvalue weighted by molar-refractivity contribution is 0.290. The Balaban J connectivity index is 2.96. The number of hydrogen-bond acceptors (Lipinski definition) is 3. The summed E-state index contributed by atoms with van der Waals surface area (Å²) in [4.78, 5) is 2.11. The van der Waals surface area contributed by atoms with E-state index in [1.54, 1.807) is 7.11 Å². The Morgan fingerprint density at radius 3 is 2.44 bits per heavy atom. The highest BCUT2D eigenvalue weighted by molar-refractivity contribution is 5.61. The average Bonchev–Trinajstić information content (AvgIpc) is 2.28. The van der Waals surface area contributed by atoms with E-state index in [-0.39, 0.29) is 6.61 Å². The second kappa shape index (κ2) is 5.75. The third-order valence-electron chi connectivity index (χ3n) is 2.86. The van der Waals surface area contributed by atoms with Gasteiger partial charge in [0.25, 0.3) is 0 Å². The summed E-state index contributed by atoms with van der Waals surface area (Å²) < 4.78 is 5.38. The quantitative estimate of drug-likeness (QED) is 0.830. The first-order chi connectivity index (χ1) is 7.60. The van der Waals surface area contributed by atoms with Crippen LogP contribution in [0, 0.1) is 13.8 Å². The highest BCUT2D eigenvalue weighted by Gasteiger charge is 2.09. The van der Waals surface area contributed by atoms with Gasteiger partial charge >= 0.3 is 0 Å². The van der Waals surface area contributed by atoms with Gasteiger partial charge in [-0.15, -0.1) is 0 Å². The minimum absolute atomic E-state index is 0.220. The van der Waals surface area contributed by atoms with Gasteiger partial charge in [-0.05, 0) is 43.5 Å². The highest BCUT2D eigenvalue weighted by Crippen LogP contribution is 2.30. The molecule has 1 aromatic rings. The van der Waals surface area contributed by atoms with Gasteiger partial charge in [0, 0.05) is 20.2 Å². The molecule has 0 saturated heterocycles. The van der Waals surface area contributed by atoms with Crippen LogP contribution in [-0.2, 0) is 0 Å². The zero-order valence-electron chi connectivity index (χ0n) is 10.6. The first-order valence-corrected chi connectivity index (χ1v) is 5.57. The van der Waals surface area contributed by atoms with Crippen molar-refractivity contribution < 1.29 is 9.84 Å². The molecule has 16 heavy (non-hydrogen) atoms. The van der Waals surface area contributed by atoms with Crippen LogP contribution in [0.3, 0.4) is 0 Å². The highest BCUT2D eigenvalue weighted by atomic mass is 16.5. The summed E-state index contributed by atoms with van der Waals surface area (Å²) in [6.07, 6.45) is 0.770. The molecule has 1 rings (SSSR count). The summed E-state index contributed by atoms with van der Waals surface area (Å²) in [5.41, 5.74) is 3.57. The molecule has 0 saturated carbocycles. The van der Waals surface area contributed by atoms with Crippen molar-refractivity contribution >= 4 is 5.69 Å². The van der Waals surface area contributed by atoms with Gasteiger partial charge in [-0.2, -0.15) is 0 Å². The zero-order valence-corrected chi connectivity index (χ0v) is 10.6. The van der Waals surface area contributed by atoms with Crippen molar-refractivity contribution in [3.05, 3.63) is 23.3 Å². The number of ether oxygens (including phenoxy) is 1. The maximum Gasteiger partial charge on any atom is 0.142 e. The van der Waals surface area contributed by atoms with E-state index in [1.165, 1.54) is 11.1 Å². The van der Waals surface area contributed by atoms with Crippen LogP contribution in [0.4, 0.5) is 5.69 Å². The van der Waals surface area contributed by atoms with E-state index in [4.69, 9.17) is 9.84 Å². The predicted molar refractivity (Wildman–Crippen MR) is 67.4 cm³/mol. The molecule has 1 aromatic carbocycles. The minimum Gasteiger partial charge on any atom is -0.495 e. The molecule has 1 N–H and O–H groups in total. The van der Waals surface area contributed by atoms with Crippen LogP contribution < -0.4 is 9.64 Å². The first-order valence-electron chi connectivity index (χ1n) is 5.57. The number of benzene rings is 1. The molecular weight excluding hydrogens is 202 g/mol. The van der Waals surface area contributed by atoms with Gasteiger partial charge in [-0.1, -0.05) is 0 Å². The molecular formula is C13H21NO2. The fourth-order valence-corrected chi connectivity index (χ4v) is 1.66. The van der Waals surface area contributed by atoms with Crippen LogP contribution >= 0.6 is 0 Å². The Morgan fingerprint density at radius 1 is 1.25 bits per heavy atom. The van der Waals surface area contributed by atoms with Crippen molar-refractivity contribution in [3.8, 4) is 5.75 Å². The van der Waals surface area contributed by atoms with Crippen molar-refractivity contribution in [1.82, 2.24) is 0 Å². The number of hydrogen-bond donors (Lipinski definition) is 1. The molecule has 0 aliphatic heterocycles. The van der Waals surface area contributed by atoms with E-state index in [1.807, 2.05) is 7.05 Å². The fraction of sp³-hybridized carbons (Fsp3) is 0.538. The maximum absolute atomic E-state index is 8.83.